The molecule has 1 amide bonds. The molecule has 2 atom stereocenters. The van der Waals surface area contributed by atoms with E-state index in [1.165, 1.54) is 17.7 Å². The molecule has 2 aliphatic heterocycles. The van der Waals surface area contributed by atoms with Crippen LogP contribution in [0.5, 0.6) is 0 Å². The quantitative estimate of drug-likeness (QED) is 0.258. The molecule has 2 aromatic heterocycles. The second-order valence-electron chi connectivity index (χ2n) is 12.8. The second-order valence-corrected chi connectivity index (χ2v) is 12.8. The topological polar surface area (TPSA) is 143 Å². The molecule has 12 nitrogen and oxygen atoms in total. The van der Waals surface area contributed by atoms with Gasteiger partial charge in [-0.2, -0.15) is 31.3 Å². The van der Waals surface area contributed by atoms with Gasteiger partial charge in [-0.05, 0) is 54.0 Å². The number of carbonyl (C=O) groups excluding carboxylic acids is 1. The van der Waals surface area contributed by atoms with Gasteiger partial charge in [0, 0.05) is 38.8 Å². The monoisotopic (exact) mass is 721 g/mol. The van der Waals surface area contributed by atoms with Gasteiger partial charge in [-0.25, -0.2) is 14.2 Å². The van der Waals surface area contributed by atoms with Gasteiger partial charge in [-0.3, -0.25) is 18.7 Å². The Bertz CT molecular complexity index is 2080. The van der Waals surface area contributed by atoms with E-state index in [9.17, 15) is 40.7 Å². The average molecular weight is 722 g/mol. The highest BCUT2D eigenvalue weighted by molar-refractivity contribution is 5.78. The molecule has 3 aliphatic rings. The summed E-state index contributed by atoms with van der Waals surface area (Å²) in [5, 5.41) is 13.5. The Morgan fingerprint density at radius 2 is 1.65 bits per heavy atom. The smallest absolute Gasteiger partial charge is 0.475 e. The van der Waals surface area contributed by atoms with Gasteiger partial charge < -0.3 is 20.6 Å². The van der Waals surface area contributed by atoms with Crippen molar-refractivity contribution in [1.29, 1.82) is 0 Å². The molecule has 18 heteroatoms. The number of nitrogens with zero attached hydrogens (tertiary/aromatic N) is 5. The lowest BCUT2D eigenvalue weighted by atomic mass is 10.1. The highest BCUT2D eigenvalue weighted by Crippen LogP contribution is 2.34. The van der Waals surface area contributed by atoms with Crippen LogP contribution in [0.15, 0.2) is 58.1 Å². The first-order chi connectivity index (χ1) is 24.0. The van der Waals surface area contributed by atoms with Crippen molar-refractivity contribution in [2.24, 2.45) is 13.0 Å². The molecule has 7 rings (SSSR count). The molecule has 51 heavy (non-hydrogen) atoms. The maximum Gasteiger partial charge on any atom is 0.490 e. The van der Waals surface area contributed by atoms with Crippen LogP contribution in [0.1, 0.15) is 28.7 Å². The number of anilines is 1. The number of nitrogens with one attached hydrogen (secondary N) is 2. The fourth-order valence-corrected chi connectivity index (χ4v) is 7.07. The van der Waals surface area contributed by atoms with Crippen LogP contribution in [0.25, 0.3) is 11.2 Å². The van der Waals surface area contributed by atoms with Gasteiger partial charge >= 0.3 is 24.0 Å². The molecule has 272 valence electrons. The predicted molar refractivity (Wildman–Crippen MR) is 171 cm³/mol. The van der Waals surface area contributed by atoms with Gasteiger partial charge in [0.15, 0.2) is 11.2 Å². The third-order valence-electron chi connectivity index (χ3n) is 9.47. The van der Waals surface area contributed by atoms with E-state index in [1.807, 2.05) is 24.3 Å². The maximum absolute atomic E-state index is 14.0. The number of fused-ring (bicyclic) bond motifs is 3. The van der Waals surface area contributed by atoms with E-state index >= 15 is 0 Å². The molecular weight excluding hydrogens is 688 g/mol. The van der Waals surface area contributed by atoms with Gasteiger partial charge in [0.05, 0.1) is 12.1 Å². The van der Waals surface area contributed by atoms with E-state index in [1.54, 1.807) is 10.6 Å². The molecule has 3 N–H and O–H groups in total. The Balaban J connectivity index is 0.000000582. The number of carboxylic acids is 1. The fraction of sp³-hybridized carbons (Fsp3) is 0.424. The number of aryl methyl sites for hydroxylation is 1. The summed E-state index contributed by atoms with van der Waals surface area (Å²) < 4.78 is 76.2. The number of alkyl halides is 6. The van der Waals surface area contributed by atoms with Crippen LogP contribution >= 0.6 is 0 Å². The summed E-state index contributed by atoms with van der Waals surface area (Å²) >= 11 is 0. The number of rotatable bonds is 6. The molecule has 0 saturated carbocycles. The lowest BCUT2D eigenvalue weighted by Crippen LogP contribution is -2.45. The van der Waals surface area contributed by atoms with Crippen LogP contribution in [0, 0.1) is 5.92 Å². The van der Waals surface area contributed by atoms with Crippen molar-refractivity contribution in [3.05, 3.63) is 91.6 Å². The summed E-state index contributed by atoms with van der Waals surface area (Å²) in [6.45, 7) is 1.66. The molecule has 4 heterocycles. The SMILES string of the molecule is Cn1c(=O)n(CC(=O)NC2Cc3ccccc3C2)c(=O)c2c1nc(N1CCC3CNCC31)n2Cc1cccc(C(F)(F)F)c1.O=C(O)C(F)(F)F. The molecule has 0 bridgehead atoms. The standard InChI is InChI=1S/C31H32F3N7O3.C2HF3O2/c1-38-27-26(28(43)41(30(38)44)17-25(42)36-23-12-19-6-2-3-7-20(19)13-23)40(16-18-5-4-8-22(11-18)31(32,33)34)29(37-27)39-10-9-21-14-35-15-24(21)39;3-2(4,5)1(6)7/h2-8,11,21,23-24,35H,9-10,12-17H2,1H3,(H,36,42);(H,6,7). The lowest BCUT2D eigenvalue weighted by molar-refractivity contribution is -0.192. The van der Waals surface area contributed by atoms with E-state index in [-0.39, 0.29) is 29.8 Å². The van der Waals surface area contributed by atoms with Crippen LogP contribution in [0.4, 0.5) is 32.3 Å². The molecule has 0 radical (unpaired) electrons. The molecular formula is C33H33F6N7O5. The van der Waals surface area contributed by atoms with Crippen molar-refractivity contribution in [1.82, 2.24) is 29.3 Å². The fourth-order valence-electron chi connectivity index (χ4n) is 7.07. The molecule has 0 spiro atoms. The van der Waals surface area contributed by atoms with Crippen molar-refractivity contribution < 1.29 is 41.0 Å². The Labute approximate surface area is 285 Å². The first-order valence-corrected chi connectivity index (χ1v) is 16.0. The highest BCUT2D eigenvalue weighted by Gasteiger charge is 2.41. The van der Waals surface area contributed by atoms with E-state index in [2.05, 4.69) is 15.5 Å². The molecule has 2 saturated heterocycles. The van der Waals surface area contributed by atoms with E-state index in [0.717, 1.165) is 40.8 Å². The van der Waals surface area contributed by atoms with Gasteiger partial charge in [0.2, 0.25) is 11.9 Å². The Morgan fingerprint density at radius 1 is 0.980 bits per heavy atom. The van der Waals surface area contributed by atoms with Crippen LogP contribution in [-0.2, 0) is 48.7 Å². The Kier molecular flexibility index (Phi) is 9.47. The summed E-state index contributed by atoms with van der Waals surface area (Å²) in [6.07, 6.45) is -7.39. The lowest BCUT2D eigenvalue weighted by Gasteiger charge is -2.25. The molecule has 2 aromatic carbocycles. The predicted octanol–water partition coefficient (Wildman–Crippen LogP) is 2.68. The van der Waals surface area contributed by atoms with Crippen LogP contribution in [-0.4, -0.2) is 73.6 Å². The van der Waals surface area contributed by atoms with E-state index in [4.69, 9.17) is 14.9 Å². The van der Waals surface area contributed by atoms with Crippen molar-refractivity contribution in [3.8, 4) is 0 Å². The first kappa shape index (κ1) is 35.7. The number of carboxylic acid groups (broad SMARTS) is 1. The number of imidazole rings is 1. The van der Waals surface area contributed by atoms with Gasteiger partial charge in [-0.15, -0.1) is 0 Å². The van der Waals surface area contributed by atoms with E-state index in [0.29, 0.717) is 43.4 Å². The zero-order chi connectivity index (χ0) is 36.8. The van der Waals surface area contributed by atoms with Crippen molar-refractivity contribution in [2.45, 2.75) is 56.8 Å². The summed E-state index contributed by atoms with van der Waals surface area (Å²) in [6, 6.07) is 12.9. The molecule has 1 aliphatic carbocycles. The number of halogens is 6. The van der Waals surface area contributed by atoms with Crippen LogP contribution in [0.2, 0.25) is 0 Å². The number of amides is 1. The minimum Gasteiger partial charge on any atom is -0.475 e. The van der Waals surface area contributed by atoms with Crippen molar-refractivity contribution in [2.75, 3.05) is 24.5 Å². The highest BCUT2D eigenvalue weighted by atomic mass is 19.4. The number of benzene rings is 2. The minimum absolute atomic E-state index is 0.0648. The van der Waals surface area contributed by atoms with E-state index < -0.39 is 47.6 Å². The number of aliphatic carboxylic acids is 1. The van der Waals surface area contributed by atoms with Crippen molar-refractivity contribution >= 4 is 29.0 Å². The first-order valence-electron chi connectivity index (χ1n) is 16.0. The third kappa shape index (κ3) is 7.22. The Hall–Kier alpha value is -5.13. The molecule has 4 aromatic rings. The van der Waals surface area contributed by atoms with Crippen molar-refractivity contribution in [3.63, 3.8) is 0 Å². The van der Waals surface area contributed by atoms with Gasteiger partial charge in [-0.1, -0.05) is 36.4 Å². The number of carbonyl (C=O) groups is 2. The van der Waals surface area contributed by atoms with Crippen LogP contribution < -0.4 is 26.8 Å². The minimum atomic E-state index is -5.08. The summed E-state index contributed by atoms with van der Waals surface area (Å²) in [5.74, 6) is -2.42. The largest absolute Gasteiger partial charge is 0.490 e. The molecule has 2 fully saturated rings. The average Bonchev–Trinajstić information content (AvgIpc) is 3.85. The summed E-state index contributed by atoms with van der Waals surface area (Å²) in [7, 11) is 1.49. The third-order valence-corrected chi connectivity index (χ3v) is 9.47. The maximum atomic E-state index is 14.0. The summed E-state index contributed by atoms with van der Waals surface area (Å²) in [4.78, 5) is 56.4. The number of hydrogen-bond acceptors (Lipinski definition) is 7. The zero-order valence-corrected chi connectivity index (χ0v) is 27.1. The number of aromatic nitrogens is 4. The number of hydrogen-bond donors (Lipinski definition) is 3. The van der Waals surface area contributed by atoms with Crippen LogP contribution in [0.3, 0.4) is 0 Å². The normalized spacial score (nSPS) is 18.8. The molecule has 2 unspecified atom stereocenters. The Morgan fingerprint density at radius 3 is 2.27 bits per heavy atom. The van der Waals surface area contributed by atoms with Gasteiger partial charge in [0.25, 0.3) is 5.56 Å². The summed E-state index contributed by atoms with van der Waals surface area (Å²) in [5.41, 5.74) is 0.634. The zero-order valence-electron chi connectivity index (χ0n) is 27.1. The second kappa shape index (κ2) is 13.5. The van der Waals surface area contributed by atoms with Gasteiger partial charge in [0.1, 0.15) is 6.54 Å².